The highest BCUT2D eigenvalue weighted by Crippen LogP contribution is 2.16. The highest BCUT2D eigenvalue weighted by Gasteiger charge is 2.05. The highest BCUT2D eigenvalue weighted by atomic mass is 15.2. The largest absolute Gasteiger partial charge is 0.382 e. The molecule has 0 aliphatic carbocycles. The third-order valence-electron chi connectivity index (χ3n) is 2.12. The van der Waals surface area contributed by atoms with Crippen LogP contribution < -0.4 is 0 Å². The molecule has 0 unspecified atom stereocenters. The average molecular weight is 217 g/mol. The molecule has 3 nitrogen and oxygen atoms in total. The Labute approximate surface area is 97.7 Å². The van der Waals surface area contributed by atoms with Gasteiger partial charge in [0.1, 0.15) is 0 Å². The van der Waals surface area contributed by atoms with Gasteiger partial charge in [-0.2, -0.15) is 0 Å². The van der Waals surface area contributed by atoms with E-state index in [9.17, 15) is 0 Å². The van der Waals surface area contributed by atoms with Gasteiger partial charge < -0.3 is 9.80 Å². The van der Waals surface area contributed by atoms with Crippen molar-refractivity contribution in [1.82, 2.24) is 9.80 Å². The Hall–Kier alpha value is -1.77. The van der Waals surface area contributed by atoms with Crippen molar-refractivity contribution in [2.24, 2.45) is 4.99 Å². The van der Waals surface area contributed by atoms with Crippen LogP contribution in [0.4, 0.5) is 0 Å². The lowest BCUT2D eigenvalue weighted by Gasteiger charge is -2.20. The Morgan fingerprint density at radius 2 is 1.75 bits per heavy atom. The molecule has 0 heterocycles. The van der Waals surface area contributed by atoms with Gasteiger partial charge in [0.15, 0.2) is 0 Å². The Morgan fingerprint density at radius 1 is 1.12 bits per heavy atom. The van der Waals surface area contributed by atoms with E-state index < -0.39 is 0 Å². The molecule has 0 atom stereocenters. The second kappa shape index (κ2) is 5.95. The van der Waals surface area contributed by atoms with E-state index in [4.69, 9.17) is 0 Å². The zero-order valence-corrected chi connectivity index (χ0v) is 10.4. The lowest BCUT2D eigenvalue weighted by molar-refractivity contribution is 0.554. The smallest absolute Gasteiger partial charge is 0.0888 e. The molecule has 0 bridgehead atoms. The summed E-state index contributed by atoms with van der Waals surface area (Å²) in [6.45, 7) is 0. The van der Waals surface area contributed by atoms with Crippen LogP contribution in [0.1, 0.15) is 5.56 Å². The number of rotatable bonds is 4. The topological polar surface area (TPSA) is 18.8 Å². The molecule has 0 radical (unpaired) electrons. The molecule has 1 aromatic carbocycles. The summed E-state index contributed by atoms with van der Waals surface area (Å²) in [6, 6.07) is 10.3. The molecule has 0 fully saturated rings. The SMILES string of the molecule is CN=CN(C)C(=CN(C)C)c1ccccc1. The highest BCUT2D eigenvalue weighted by molar-refractivity contribution is 5.75. The molecular weight excluding hydrogens is 198 g/mol. The van der Waals surface area contributed by atoms with E-state index in [1.807, 2.05) is 55.5 Å². The van der Waals surface area contributed by atoms with E-state index in [1.54, 1.807) is 7.05 Å². The van der Waals surface area contributed by atoms with Gasteiger partial charge in [-0.05, 0) is 5.56 Å². The summed E-state index contributed by atoms with van der Waals surface area (Å²) in [4.78, 5) is 8.07. The molecule has 86 valence electrons. The van der Waals surface area contributed by atoms with Gasteiger partial charge in [-0.15, -0.1) is 0 Å². The summed E-state index contributed by atoms with van der Waals surface area (Å²) in [7, 11) is 7.80. The average Bonchev–Trinajstić information content (AvgIpc) is 2.27. The van der Waals surface area contributed by atoms with E-state index >= 15 is 0 Å². The maximum Gasteiger partial charge on any atom is 0.0888 e. The second-order valence-electron chi connectivity index (χ2n) is 3.83. The van der Waals surface area contributed by atoms with Crippen LogP contribution in [0.3, 0.4) is 0 Å². The van der Waals surface area contributed by atoms with Crippen molar-refractivity contribution < 1.29 is 0 Å². The van der Waals surface area contributed by atoms with E-state index in [-0.39, 0.29) is 0 Å². The molecule has 16 heavy (non-hydrogen) atoms. The van der Waals surface area contributed by atoms with Crippen molar-refractivity contribution in [2.45, 2.75) is 0 Å². The lowest BCUT2D eigenvalue weighted by Crippen LogP contribution is -2.17. The van der Waals surface area contributed by atoms with Gasteiger partial charge in [-0.25, -0.2) is 0 Å². The molecule has 0 aliphatic rings. The molecule has 0 aromatic heterocycles. The Morgan fingerprint density at radius 3 is 2.25 bits per heavy atom. The molecule has 3 heteroatoms. The zero-order chi connectivity index (χ0) is 12.0. The summed E-state index contributed by atoms with van der Waals surface area (Å²) >= 11 is 0. The van der Waals surface area contributed by atoms with Gasteiger partial charge in [-0.1, -0.05) is 30.3 Å². The molecule has 1 aromatic rings. The molecule has 0 saturated heterocycles. The Balaban J connectivity index is 3.06. The van der Waals surface area contributed by atoms with E-state index in [0.717, 1.165) is 5.70 Å². The Bertz CT molecular complexity index is 366. The first kappa shape index (κ1) is 12.3. The summed E-state index contributed by atoms with van der Waals surface area (Å²) in [5.41, 5.74) is 2.30. The van der Waals surface area contributed by atoms with Gasteiger partial charge in [0.05, 0.1) is 12.0 Å². The van der Waals surface area contributed by atoms with Gasteiger partial charge >= 0.3 is 0 Å². The zero-order valence-electron chi connectivity index (χ0n) is 10.4. The fraction of sp³-hybridized carbons (Fsp3) is 0.308. The van der Waals surface area contributed by atoms with Crippen LogP contribution in [-0.4, -0.2) is 44.3 Å². The maximum atomic E-state index is 4.03. The van der Waals surface area contributed by atoms with Crippen LogP contribution in [0.25, 0.3) is 5.70 Å². The standard InChI is InChI=1S/C13H19N3/c1-14-11-16(4)13(10-15(2)3)12-8-6-5-7-9-12/h5-11H,1-4H3. The molecule has 0 spiro atoms. The minimum Gasteiger partial charge on any atom is -0.382 e. The minimum absolute atomic E-state index is 1.12. The first-order chi connectivity index (χ1) is 7.65. The normalized spacial score (nSPS) is 11.9. The van der Waals surface area contributed by atoms with Crippen molar-refractivity contribution in [3.8, 4) is 0 Å². The third kappa shape index (κ3) is 3.42. The molecule has 0 saturated carbocycles. The molecular formula is C13H19N3. The van der Waals surface area contributed by atoms with Crippen LogP contribution in [0.5, 0.6) is 0 Å². The minimum atomic E-state index is 1.12. The predicted octanol–water partition coefficient (Wildman–Crippen LogP) is 2.14. The number of aliphatic imine (C=N–C) groups is 1. The fourth-order valence-corrected chi connectivity index (χ4v) is 1.46. The first-order valence-corrected chi connectivity index (χ1v) is 5.24. The monoisotopic (exact) mass is 217 g/mol. The number of benzene rings is 1. The van der Waals surface area contributed by atoms with Crippen LogP contribution >= 0.6 is 0 Å². The Kier molecular flexibility index (Phi) is 4.58. The van der Waals surface area contributed by atoms with Crippen LogP contribution in [0.15, 0.2) is 41.5 Å². The van der Waals surface area contributed by atoms with Gasteiger partial charge in [0, 0.05) is 34.4 Å². The summed E-state index contributed by atoms with van der Waals surface area (Å²) in [5, 5.41) is 0. The molecule has 0 aliphatic heterocycles. The summed E-state index contributed by atoms with van der Waals surface area (Å²) < 4.78 is 0. The molecule has 1 rings (SSSR count). The first-order valence-electron chi connectivity index (χ1n) is 5.24. The van der Waals surface area contributed by atoms with Crippen molar-refractivity contribution >= 4 is 12.0 Å². The van der Waals surface area contributed by atoms with Gasteiger partial charge in [0.2, 0.25) is 0 Å². The molecule has 0 N–H and O–H groups in total. The van der Waals surface area contributed by atoms with Crippen LogP contribution in [-0.2, 0) is 0 Å². The second-order valence-corrected chi connectivity index (χ2v) is 3.83. The third-order valence-corrected chi connectivity index (χ3v) is 2.12. The maximum absolute atomic E-state index is 4.03. The van der Waals surface area contributed by atoms with Crippen molar-refractivity contribution in [2.75, 3.05) is 28.2 Å². The van der Waals surface area contributed by atoms with Crippen molar-refractivity contribution in [1.29, 1.82) is 0 Å². The van der Waals surface area contributed by atoms with Crippen LogP contribution in [0, 0.1) is 0 Å². The lowest BCUT2D eigenvalue weighted by atomic mass is 10.1. The van der Waals surface area contributed by atoms with Gasteiger partial charge in [-0.3, -0.25) is 4.99 Å². The number of hydrogen-bond acceptors (Lipinski definition) is 2. The van der Waals surface area contributed by atoms with E-state index in [0.29, 0.717) is 0 Å². The number of hydrogen-bond donors (Lipinski definition) is 0. The van der Waals surface area contributed by atoms with Crippen molar-refractivity contribution in [3.63, 3.8) is 0 Å². The van der Waals surface area contributed by atoms with Crippen LogP contribution in [0.2, 0.25) is 0 Å². The summed E-state index contributed by atoms with van der Waals surface area (Å²) in [6.07, 6.45) is 3.89. The molecule has 0 amide bonds. The predicted molar refractivity (Wildman–Crippen MR) is 70.3 cm³/mol. The van der Waals surface area contributed by atoms with E-state index in [1.165, 1.54) is 5.56 Å². The van der Waals surface area contributed by atoms with Crippen molar-refractivity contribution in [3.05, 3.63) is 42.1 Å². The number of nitrogens with zero attached hydrogens (tertiary/aromatic N) is 3. The quantitative estimate of drug-likeness (QED) is 0.568. The van der Waals surface area contributed by atoms with Gasteiger partial charge in [0.25, 0.3) is 0 Å². The van der Waals surface area contributed by atoms with E-state index in [2.05, 4.69) is 23.3 Å². The summed E-state index contributed by atoms with van der Waals surface area (Å²) in [5.74, 6) is 0. The fourth-order valence-electron chi connectivity index (χ4n) is 1.46.